The maximum Gasteiger partial charge on any atom is 0.272 e. The molecule has 2 aromatic heterocycles. The Kier molecular flexibility index (Phi) is 6.59. The zero-order valence-electron chi connectivity index (χ0n) is 18.3. The normalized spacial score (nSPS) is 15.2. The highest BCUT2D eigenvalue weighted by Crippen LogP contribution is 2.37. The van der Waals surface area contributed by atoms with Crippen LogP contribution in [-0.2, 0) is 11.2 Å². The van der Waals surface area contributed by atoms with E-state index in [0.717, 1.165) is 16.7 Å². The van der Waals surface area contributed by atoms with Crippen molar-refractivity contribution in [2.75, 3.05) is 19.6 Å². The van der Waals surface area contributed by atoms with Gasteiger partial charge in [-0.25, -0.2) is 0 Å². The van der Waals surface area contributed by atoms with Crippen molar-refractivity contribution in [1.29, 1.82) is 0 Å². The molecule has 0 atom stereocenters. The fraction of sp³-hybridized carbons (Fsp3) is 0.308. The van der Waals surface area contributed by atoms with Crippen LogP contribution in [0.5, 0.6) is 0 Å². The lowest BCUT2D eigenvalue weighted by atomic mass is 9.72. The van der Waals surface area contributed by atoms with E-state index in [1.54, 1.807) is 30.7 Å². The molecule has 1 aliphatic heterocycles. The molecule has 0 unspecified atom stereocenters. The zero-order chi connectivity index (χ0) is 22.4. The first-order valence-electron chi connectivity index (χ1n) is 11.1. The van der Waals surface area contributed by atoms with Crippen molar-refractivity contribution < 1.29 is 9.59 Å². The Labute approximate surface area is 188 Å². The zero-order valence-corrected chi connectivity index (χ0v) is 18.3. The molecule has 1 fully saturated rings. The second-order valence-electron chi connectivity index (χ2n) is 8.26. The fourth-order valence-corrected chi connectivity index (χ4v) is 4.42. The molecule has 3 aromatic rings. The lowest BCUT2D eigenvalue weighted by molar-refractivity contribution is -0.133. The molecule has 1 aliphatic rings. The summed E-state index contributed by atoms with van der Waals surface area (Å²) in [6.45, 7) is 3.61. The number of carbonyl (C=O) groups excluding carboxylic acids is 2. The lowest BCUT2D eigenvalue weighted by Crippen LogP contribution is -2.51. The first-order chi connectivity index (χ1) is 15.6. The van der Waals surface area contributed by atoms with Crippen LogP contribution in [0.1, 0.15) is 35.8 Å². The smallest absolute Gasteiger partial charge is 0.272 e. The number of aromatic nitrogens is 2. The van der Waals surface area contributed by atoms with Gasteiger partial charge in [-0.15, -0.1) is 0 Å². The standard InChI is InChI=1S/C26H28N4O2/c1-2-28-25(32)26(11-16-30(17-12-26)24(31)23-8-3-4-13-29-23)19-20-6-5-7-22(18-20)21-9-14-27-15-10-21/h3-10,13-15,18H,2,11-12,16-17,19H2,1H3,(H,28,32). The third-order valence-corrected chi connectivity index (χ3v) is 6.19. The molecule has 164 valence electrons. The maximum absolute atomic E-state index is 13.2. The lowest BCUT2D eigenvalue weighted by Gasteiger charge is -2.40. The van der Waals surface area contributed by atoms with E-state index in [1.165, 1.54) is 0 Å². The van der Waals surface area contributed by atoms with Gasteiger partial charge in [-0.1, -0.05) is 30.3 Å². The predicted octanol–water partition coefficient (Wildman–Crippen LogP) is 3.74. The van der Waals surface area contributed by atoms with Crippen molar-refractivity contribution in [3.63, 3.8) is 0 Å². The quantitative estimate of drug-likeness (QED) is 0.649. The number of hydrogen-bond acceptors (Lipinski definition) is 4. The average Bonchev–Trinajstić information content (AvgIpc) is 2.85. The number of likely N-dealkylation sites (tertiary alicyclic amines) is 1. The predicted molar refractivity (Wildman–Crippen MR) is 124 cm³/mol. The highest BCUT2D eigenvalue weighted by atomic mass is 16.2. The minimum Gasteiger partial charge on any atom is -0.356 e. The van der Waals surface area contributed by atoms with Crippen LogP contribution in [0.2, 0.25) is 0 Å². The van der Waals surface area contributed by atoms with E-state index in [1.807, 2.05) is 36.1 Å². The molecule has 3 heterocycles. The first kappa shape index (κ1) is 21.7. The molecule has 0 spiro atoms. The summed E-state index contributed by atoms with van der Waals surface area (Å²) < 4.78 is 0. The third kappa shape index (κ3) is 4.69. The van der Waals surface area contributed by atoms with Crippen LogP contribution < -0.4 is 5.32 Å². The first-order valence-corrected chi connectivity index (χ1v) is 11.1. The van der Waals surface area contributed by atoms with Crippen LogP contribution in [-0.4, -0.2) is 46.3 Å². The molecular formula is C26H28N4O2. The summed E-state index contributed by atoms with van der Waals surface area (Å²) in [5.41, 5.74) is 3.25. The van der Waals surface area contributed by atoms with Crippen LogP contribution in [0, 0.1) is 5.41 Å². The van der Waals surface area contributed by atoms with E-state index in [-0.39, 0.29) is 11.8 Å². The Morgan fingerprint density at radius 1 is 0.969 bits per heavy atom. The number of pyridine rings is 2. The number of nitrogens with zero attached hydrogens (tertiary/aromatic N) is 3. The molecule has 0 aliphatic carbocycles. The van der Waals surface area contributed by atoms with Gasteiger partial charge in [-0.2, -0.15) is 0 Å². The second kappa shape index (κ2) is 9.73. The highest BCUT2D eigenvalue weighted by molar-refractivity contribution is 5.92. The van der Waals surface area contributed by atoms with E-state index in [4.69, 9.17) is 0 Å². The Bertz CT molecular complexity index is 1060. The van der Waals surface area contributed by atoms with Crippen LogP contribution in [0.15, 0.2) is 73.2 Å². The summed E-state index contributed by atoms with van der Waals surface area (Å²) in [7, 11) is 0. The van der Waals surface area contributed by atoms with Gasteiger partial charge in [0.1, 0.15) is 5.69 Å². The number of amides is 2. The molecule has 0 radical (unpaired) electrons. The van der Waals surface area contributed by atoms with Crippen LogP contribution >= 0.6 is 0 Å². The number of piperidine rings is 1. The van der Waals surface area contributed by atoms with E-state index >= 15 is 0 Å². The largest absolute Gasteiger partial charge is 0.356 e. The van der Waals surface area contributed by atoms with Gasteiger partial charge in [-0.05, 0) is 67.1 Å². The number of nitrogens with one attached hydrogen (secondary N) is 1. The molecule has 6 heteroatoms. The number of carbonyl (C=O) groups is 2. The molecule has 1 saturated heterocycles. The summed E-state index contributed by atoms with van der Waals surface area (Å²) in [4.78, 5) is 36.1. The molecule has 6 nitrogen and oxygen atoms in total. The Morgan fingerprint density at radius 3 is 2.44 bits per heavy atom. The molecule has 2 amide bonds. The van der Waals surface area contributed by atoms with E-state index in [0.29, 0.717) is 44.6 Å². The molecule has 1 N–H and O–H groups in total. The van der Waals surface area contributed by atoms with E-state index < -0.39 is 5.41 Å². The molecule has 0 bridgehead atoms. The molecule has 0 saturated carbocycles. The molecule has 32 heavy (non-hydrogen) atoms. The van der Waals surface area contributed by atoms with Crippen molar-refractivity contribution >= 4 is 11.8 Å². The van der Waals surface area contributed by atoms with Gasteiger partial charge < -0.3 is 10.2 Å². The van der Waals surface area contributed by atoms with Crippen molar-refractivity contribution in [1.82, 2.24) is 20.2 Å². The summed E-state index contributed by atoms with van der Waals surface area (Å²) in [6.07, 6.45) is 7.09. The summed E-state index contributed by atoms with van der Waals surface area (Å²) in [5.74, 6) is -0.00552. The average molecular weight is 429 g/mol. The van der Waals surface area contributed by atoms with Crippen LogP contribution in [0.25, 0.3) is 11.1 Å². The van der Waals surface area contributed by atoms with Gasteiger partial charge in [0.2, 0.25) is 5.91 Å². The van der Waals surface area contributed by atoms with Gasteiger partial charge in [0.15, 0.2) is 0 Å². The Hall–Kier alpha value is -3.54. The van der Waals surface area contributed by atoms with Crippen LogP contribution in [0.3, 0.4) is 0 Å². The summed E-state index contributed by atoms with van der Waals surface area (Å²) in [6, 6.07) is 17.7. The summed E-state index contributed by atoms with van der Waals surface area (Å²) in [5, 5.41) is 3.04. The van der Waals surface area contributed by atoms with E-state index in [9.17, 15) is 9.59 Å². The van der Waals surface area contributed by atoms with Gasteiger partial charge in [0.25, 0.3) is 5.91 Å². The van der Waals surface area contributed by atoms with Crippen LogP contribution in [0.4, 0.5) is 0 Å². The van der Waals surface area contributed by atoms with E-state index in [2.05, 4.69) is 33.5 Å². The number of hydrogen-bond donors (Lipinski definition) is 1. The Morgan fingerprint density at radius 2 is 1.75 bits per heavy atom. The van der Waals surface area contributed by atoms with Gasteiger partial charge in [0, 0.05) is 38.2 Å². The minimum atomic E-state index is -0.534. The molecule has 1 aromatic carbocycles. The van der Waals surface area contributed by atoms with Gasteiger partial charge in [-0.3, -0.25) is 19.6 Å². The molecule has 4 rings (SSSR count). The number of rotatable bonds is 6. The van der Waals surface area contributed by atoms with Gasteiger partial charge in [0.05, 0.1) is 5.41 Å². The topological polar surface area (TPSA) is 75.2 Å². The second-order valence-corrected chi connectivity index (χ2v) is 8.26. The highest BCUT2D eigenvalue weighted by Gasteiger charge is 2.42. The fourth-order valence-electron chi connectivity index (χ4n) is 4.42. The molecular weight excluding hydrogens is 400 g/mol. The van der Waals surface area contributed by atoms with Crippen molar-refractivity contribution in [3.8, 4) is 11.1 Å². The summed E-state index contributed by atoms with van der Waals surface area (Å²) >= 11 is 0. The number of benzene rings is 1. The monoisotopic (exact) mass is 428 g/mol. The maximum atomic E-state index is 13.2. The van der Waals surface area contributed by atoms with Crippen molar-refractivity contribution in [3.05, 3.63) is 84.4 Å². The van der Waals surface area contributed by atoms with Gasteiger partial charge >= 0.3 is 0 Å². The minimum absolute atomic E-state index is 0.0687. The third-order valence-electron chi connectivity index (χ3n) is 6.19. The van der Waals surface area contributed by atoms with Crippen molar-refractivity contribution in [2.24, 2.45) is 5.41 Å². The SMILES string of the molecule is CCNC(=O)C1(Cc2cccc(-c3ccncc3)c2)CCN(C(=O)c2ccccn2)CC1. The van der Waals surface area contributed by atoms with Crippen molar-refractivity contribution in [2.45, 2.75) is 26.2 Å². The Balaban J connectivity index is 1.54.